The van der Waals surface area contributed by atoms with Crippen LogP contribution < -0.4 is 5.73 Å². The number of nitrogen functional groups attached to an aromatic ring is 1. The fourth-order valence-electron chi connectivity index (χ4n) is 2.09. The molecule has 0 saturated carbocycles. The van der Waals surface area contributed by atoms with E-state index in [4.69, 9.17) is 5.73 Å². The molecule has 104 valence electrons. The Morgan fingerprint density at radius 2 is 1.95 bits per heavy atom. The summed E-state index contributed by atoms with van der Waals surface area (Å²) in [6.07, 6.45) is 0. The first-order valence-electron chi connectivity index (χ1n) is 6.37. The average Bonchev–Trinajstić information content (AvgIpc) is 2.91. The number of nitrogens with one attached hydrogen (secondary N) is 1. The number of aromatic amines is 1. The van der Waals surface area contributed by atoms with Crippen LogP contribution in [0.1, 0.15) is 26.5 Å². The van der Waals surface area contributed by atoms with Gasteiger partial charge < -0.3 is 10.7 Å². The number of imidazole rings is 1. The normalized spacial score (nSPS) is 12.2. The van der Waals surface area contributed by atoms with Gasteiger partial charge in [-0.05, 0) is 28.1 Å². The van der Waals surface area contributed by atoms with Crippen LogP contribution in [0.15, 0.2) is 28.7 Å². The topological polar surface area (TPSA) is 72.5 Å². The highest BCUT2D eigenvalue weighted by molar-refractivity contribution is 9.10. The van der Waals surface area contributed by atoms with Crippen molar-refractivity contribution in [3.63, 3.8) is 0 Å². The van der Waals surface area contributed by atoms with Crippen molar-refractivity contribution in [1.82, 2.24) is 19.7 Å². The second-order valence-corrected chi connectivity index (χ2v) is 6.58. The van der Waals surface area contributed by atoms with Crippen molar-refractivity contribution in [2.24, 2.45) is 0 Å². The summed E-state index contributed by atoms with van der Waals surface area (Å²) in [5.74, 6) is 1.17. The van der Waals surface area contributed by atoms with Gasteiger partial charge in [0.1, 0.15) is 5.82 Å². The molecule has 2 heterocycles. The maximum Gasteiger partial charge on any atom is 0.231 e. The average molecular weight is 334 g/mol. The fourth-order valence-corrected chi connectivity index (χ4v) is 2.93. The number of aromatic nitrogens is 4. The van der Waals surface area contributed by atoms with E-state index in [1.807, 2.05) is 24.3 Å². The van der Waals surface area contributed by atoms with Crippen LogP contribution in [-0.2, 0) is 5.41 Å². The van der Waals surface area contributed by atoms with E-state index in [1.54, 1.807) is 4.68 Å². The van der Waals surface area contributed by atoms with E-state index < -0.39 is 0 Å². The van der Waals surface area contributed by atoms with Gasteiger partial charge in [0.05, 0.1) is 21.2 Å². The summed E-state index contributed by atoms with van der Waals surface area (Å²) in [5.41, 5.74) is 8.82. The van der Waals surface area contributed by atoms with Crippen LogP contribution in [0.25, 0.3) is 17.0 Å². The number of benzene rings is 1. The summed E-state index contributed by atoms with van der Waals surface area (Å²) in [5, 5.41) is 4.60. The van der Waals surface area contributed by atoms with Crippen molar-refractivity contribution >= 4 is 32.8 Å². The van der Waals surface area contributed by atoms with Crippen LogP contribution >= 0.6 is 15.9 Å². The predicted octanol–water partition coefficient (Wildman–Crippen LogP) is 3.39. The standard InChI is InChI=1S/C14H16BrN5/c1-14(2,3)11-10(15)12(16)20(19-11)13-17-8-6-4-5-7-9(8)18-13/h4-7H,16H2,1-3H3,(H,17,18). The molecule has 0 spiro atoms. The largest absolute Gasteiger partial charge is 0.383 e. The number of fused-ring (bicyclic) bond motifs is 1. The molecule has 5 nitrogen and oxygen atoms in total. The Kier molecular flexibility index (Phi) is 2.86. The molecular formula is C14H16BrN5. The minimum atomic E-state index is -0.0930. The number of H-pyrrole nitrogens is 1. The van der Waals surface area contributed by atoms with Crippen molar-refractivity contribution in [3.8, 4) is 5.95 Å². The number of halogens is 1. The summed E-state index contributed by atoms with van der Waals surface area (Å²) in [4.78, 5) is 7.76. The number of nitrogens with zero attached hydrogens (tertiary/aromatic N) is 3. The van der Waals surface area contributed by atoms with E-state index in [2.05, 4.69) is 51.8 Å². The lowest BCUT2D eigenvalue weighted by atomic mass is 9.92. The molecule has 0 fully saturated rings. The Morgan fingerprint density at radius 1 is 1.25 bits per heavy atom. The predicted molar refractivity (Wildman–Crippen MR) is 84.0 cm³/mol. The third-order valence-electron chi connectivity index (χ3n) is 3.15. The van der Waals surface area contributed by atoms with Crippen LogP contribution in [0, 0.1) is 0 Å². The highest BCUT2D eigenvalue weighted by Gasteiger charge is 2.25. The molecule has 20 heavy (non-hydrogen) atoms. The molecule has 0 aliphatic heterocycles. The molecule has 3 aromatic rings. The Labute approximate surface area is 125 Å². The summed E-state index contributed by atoms with van der Waals surface area (Å²) >= 11 is 3.53. The molecule has 0 unspecified atom stereocenters. The number of nitrogens with two attached hydrogens (primary N) is 1. The van der Waals surface area contributed by atoms with E-state index in [9.17, 15) is 0 Å². The van der Waals surface area contributed by atoms with Crippen LogP contribution in [0.4, 0.5) is 5.82 Å². The lowest BCUT2D eigenvalue weighted by Crippen LogP contribution is -2.13. The maximum atomic E-state index is 6.15. The minimum absolute atomic E-state index is 0.0930. The first-order chi connectivity index (χ1) is 9.38. The SMILES string of the molecule is CC(C)(C)c1nn(-c2nc3ccccc3[nH]2)c(N)c1Br. The smallest absolute Gasteiger partial charge is 0.231 e. The van der Waals surface area contributed by atoms with Gasteiger partial charge in [-0.1, -0.05) is 32.9 Å². The molecule has 1 aromatic carbocycles. The molecule has 0 aliphatic carbocycles. The van der Waals surface area contributed by atoms with Gasteiger partial charge in [0.2, 0.25) is 5.95 Å². The van der Waals surface area contributed by atoms with Crippen LogP contribution in [0.3, 0.4) is 0 Å². The zero-order valence-electron chi connectivity index (χ0n) is 11.6. The Bertz CT molecular complexity index is 746. The Balaban J connectivity index is 2.19. The monoisotopic (exact) mass is 333 g/mol. The third-order valence-corrected chi connectivity index (χ3v) is 3.93. The van der Waals surface area contributed by atoms with Crippen molar-refractivity contribution in [1.29, 1.82) is 0 Å². The van der Waals surface area contributed by atoms with Gasteiger partial charge in [0.15, 0.2) is 0 Å². The van der Waals surface area contributed by atoms with Gasteiger partial charge in [-0.3, -0.25) is 0 Å². The maximum absolute atomic E-state index is 6.15. The van der Waals surface area contributed by atoms with Crippen molar-refractivity contribution in [2.45, 2.75) is 26.2 Å². The molecule has 0 amide bonds. The quantitative estimate of drug-likeness (QED) is 0.716. The van der Waals surface area contributed by atoms with E-state index in [-0.39, 0.29) is 5.41 Å². The van der Waals surface area contributed by atoms with Gasteiger partial charge in [0.25, 0.3) is 0 Å². The molecule has 0 bridgehead atoms. The Morgan fingerprint density at radius 3 is 2.55 bits per heavy atom. The van der Waals surface area contributed by atoms with Gasteiger partial charge in [-0.15, -0.1) is 0 Å². The zero-order chi connectivity index (χ0) is 14.5. The van der Waals surface area contributed by atoms with Crippen LogP contribution in [0.5, 0.6) is 0 Å². The van der Waals surface area contributed by atoms with Gasteiger partial charge >= 0.3 is 0 Å². The van der Waals surface area contributed by atoms with E-state index >= 15 is 0 Å². The highest BCUT2D eigenvalue weighted by atomic mass is 79.9. The van der Waals surface area contributed by atoms with Crippen molar-refractivity contribution in [3.05, 3.63) is 34.4 Å². The number of hydrogen-bond donors (Lipinski definition) is 2. The van der Waals surface area contributed by atoms with Gasteiger partial charge in [0, 0.05) is 5.41 Å². The van der Waals surface area contributed by atoms with Gasteiger partial charge in [-0.2, -0.15) is 9.78 Å². The Hall–Kier alpha value is -1.82. The van der Waals surface area contributed by atoms with Crippen LogP contribution in [0.2, 0.25) is 0 Å². The fraction of sp³-hybridized carbons (Fsp3) is 0.286. The molecule has 0 saturated heterocycles. The molecular weight excluding hydrogens is 318 g/mol. The minimum Gasteiger partial charge on any atom is -0.383 e. The molecule has 0 aliphatic rings. The molecule has 2 aromatic heterocycles. The molecule has 6 heteroatoms. The summed E-state index contributed by atoms with van der Waals surface area (Å²) in [6.45, 7) is 6.30. The first-order valence-corrected chi connectivity index (χ1v) is 7.17. The lowest BCUT2D eigenvalue weighted by Gasteiger charge is -2.15. The second-order valence-electron chi connectivity index (χ2n) is 5.79. The number of hydrogen-bond acceptors (Lipinski definition) is 3. The summed E-state index contributed by atoms with van der Waals surface area (Å²) in [6, 6.07) is 7.85. The number of rotatable bonds is 1. The van der Waals surface area contributed by atoms with Crippen LogP contribution in [-0.4, -0.2) is 19.7 Å². The summed E-state index contributed by atoms with van der Waals surface area (Å²) in [7, 11) is 0. The zero-order valence-corrected chi connectivity index (χ0v) is 13.2. The molecule has 0 radical (unpaired) electrons. The number of anilines is 1. The van der Waals surface area contributed by atoms with E-state index in [0.29, 0.717) is 11.8 Å². The molecule has 0 atom stereocenters. The van der Waals surface area contributed by atoms with Crippen molar-refractivity contribution < 1.29 is 0 Å². The van der Waals surface area contributed by atoms with E-state index in [0.717, 1.165) is 21.2 Å². The lowest BCUT2D eigenvalue weighted by molar-refractivity contribution is 0.556. The highest BCUT2D eigenvalue weighted by Crippen LogP contribution is 2.34. The number of para-hydroxylation sites is 2. The first kappa shape index (κ1) is 13.2. The third kappa shape index (κ3) is 2.00. The summed E-state index contributed by atoms with van der Waals surface area (Å²) < 4.78 is 2.47. The van der Waals surface area contributed by atoms with E-state index in [1.165, 1.54) is 0 Å². The molecule has 3 N–H and O–H groups in total. The molecule has 3 rings (SSSR count). The second kappa shape index (κ2) is 4.34. The van der Waals surface area contributed by atoms with Crippen molar-refractivity contribution in [2.75, 3.05) is 5.73 Å². The van der Waals surface area contributed by atoms with Gasteiger partial charge in [-0.25, -0.2) is 4.98 Å².